The fourth-order valence-corrected chi connectivity index (χ4v) is 2.15. The maximum Gasteiger partial charge on any atom is 0.338 e. The van der Waals surface area contributed by atoms with E-state index in [0.717, 1.165) is 12.1 Å². The Labute approximate surface area is 117 Å². The molecule has 1 aromatic carbocycles. The number of aromatic carboxylic acids is 1. The first-order valence-corrected chi connectivity index (χ1v) is 6.68. The zero-order valence-corrected chi connectivity index (χ0v) is 11.7. The van der Waals surface area contributed by atoms with Gasteiger partial charge in [-0.1, -0.05) is 0 Å². The van der Waals surface area contributed by atoms with Crippen LogP contribution in [0.4, 0.5) is 15.8 Å². The van der Waals surface area contributed by atoms with Crippen LogP contribution < -0.4 is 11.1 Å². The topological polar surface area (TPSA) is 78.6 Å². The highest BCUT2D eigenvalue weighted by molar-refractivity contribution is 5.90. The molecule has 110 valence electrons. The minimum Gasteiger partial charge on any atom is -0.478 e. The number of carboxylic acid groups (broad SMARTS) is 1. The van der Waals surface area contributed by atoms with Crippen LogP contribution >= 0.6 is 0 Å². The maximum atomic E-state index is 13.6. The van der Waals surface area contributed by atoms with Crippen LogP contribution in [0.3, 0.4) is 0 Å². The van der Waals surface area contributed by atoms with Crippen LogP contribution in [-0.2, 0) is 0 Å². The third-order valence-corrected chi connectivity index (χ3v) is 3.78. The number of hydrogen-bond acceptors (Lipinski definition) is 4. The summed E-state index contributed by atoms with van der Waals surface area (Å²) >= 11 is 0. The van der Waals surface area contributed by atoms with Crippen molar-refractivity contribution in [1.82, 2.24) is 4.90 Å². The first kappa shape index (κ1) is 14.6. The Hall–Kier alpha value is -1.82. The van der Waals surface area contributed by atoms with Gasteiger partial charge in [0, 0.05) is 18.6 Å². The molecule has 5 nitrogen and oxygen atoms in total. The van der Waals surface area contributed by atoms with Gasteiger partial charge in [-0.3, -0.25) is 4.90 Å². The summed E-state index contributed by atoms with van der Waals surface area (Å²) in [5.74, 6) is -2.10. The molecule has 0 heterocycles. The molecule has 4 N–H and O–H groups in total. The molecule has 1 aromatic rings. The van der Waals surface area contributed by atoms with E-state index in [4.69, 9.17) is 10.8 Å². The minimum absolute atomic E-state index is 0.241. The van der Waals surface area contributed by atoms with E-state index in [9.17, 15) is 9.18 Å². The highest BCUT2D eigenvalue weighted by Gasteiger charge is 2.29. The Bertz CT molecular complexity index is 517. The van der Waals surface area contributed by atoms with Crippen molar-refractivity contribution in [3.63, 3.8) is 0 Å². The third kappa shape index (κ3) is 3.19. The van der Waals surface area contributed by atoms with Crippen LogP contribution in [0.15, 0.2) is 12.1 Å². The Kier molecular flexibility index (Phi) is 4.13. The van der Waals surface area contributed by atoms with Crippen LogP contribution in [0.1, 0.15) is 30.1 Å². The second kappa shape index (κ2) is 5.66. The van der Waals surface area contributed by atoms with E-state index >= 15 is 0 Å². The lowest BCUT2D eigenvalue weighted by Gasteiger charge is -2.25. The van der Waals surface area contributed by atoms with E-state index in [2.05, 4.69) is 24.2 Å². The number of likely N-dealkylation sites (N-methyl/N-ethyl adjacent to an activating group) is 1. The summed E-state index contributed by atoms with van der Waals surface area (Å²) in [6.07, 6.45) is 2.45. The Morgan fingerprint density at radius 3 is 2.80 bits per heavy atom. The van der Waals surface area contributed by atoms with Crippen molar-refractivity contribution in [1.29, 1.82) is 0 Å². The second-order valence-electron chi connectivity index (χ2n) is 5.35. The smallest absolute Gasteiger partial charge is 0.338 e. The van der Waals surface area contributed by atoms with Crippen LogP contribution in [0, 0.1) is 5.82 Å². The zero-order chi connectivity index (χ0) is 14.9. The fourth-order valence-electron chi connectivity index (χ4n) is 2.15. The van der Waals surface area contributed by atoms with Gasteiger partial charge >= 0.3 is 5.97 Å². The maximum absolute atomic E-state index is 13.6. The molecule has 0 bridgehead atoms. The number of nitrogen functional groups attached to an aromatic ring is 1. The molecule has 0 radical (unpaired) electrons. The van der Waals surface area contributed by atoms with E-state index in [0.29, 0.717) is 24.3 Å². The van der Waals surface area contributed by atoms with Crippen molar-refractivity contribution in [3.05, 3.63) is 23.5 Å². The van der Waals surface area contributed by atoms with Crippen molar-refractivity contribution >= 4 is 17.3 Å². The number of nitrogens with zero attached hydrogens (tertiary/aromatic N) is 1. The molecule has 20 heavy (non-hydrogen) atoms. The molecule has 0 amide bonds. The number of benzene rings is 1. The van der Waals surface area contributed by atoms with E-state index in [-0.39, 0.29) is 5.69 Å². The first-order valence-electron chi connectivity index (χ1n) is 6.68. The van der Waals surface area contributed by atoms with Crippen molar-refractivity contribution in [2.45, 2.75) is 31.8 Å². The number of carbonyl (C=O) groups is 1. The van der Waals surface area contributed by atoms with E-state index in [1.807, 2.05) is 0 Å². The predicted molar refractivity (Wildman–Crippen MR) is 76.5 cm³/mol. The van der Waals surface area contributed by atoms with Gasteiger partial charge in [0.15, 0.2) is 0 Å². The second-order valence-corrected chi connectivity index (χ2v) is 5.35. The van der Waals surface area contributed by atoms with Gasteiger partial charge in [-0.25, -0.2) is 9.18 Å². The molecule has 0 spiro atoms. The van der Waals surface area contributed by atoms with Crippen LogP contribution in [0.25, 0.3) is 0 Å². The molecular weight excluding hydrogens is 261 g/mol. The molecule has 0 aliphatic heterocycles. The largest absolute Gasteiger partial charge is 0.478 e. The Morgan fingerprint density at radius 2 is 2.25 bits per heavy atom. The van der Waals surface area contributed by atoms with Gasteiger partial charge in [0.2, 0.25) is 0 Å². The van der Waals surface area contributed by atoms with Crippen molar-refractivity contribution in [2.75, 3.05) is 24.6 Å². The molecule has 1 fully saturated rings. The molecule has 0 aromatic heterocycles. The molecule has 1 aliphatic carbocycles. The van der Waals surface area contributed by atoms with Crippen molar-refractivity contribution in [3.8, 4) is 0 Å². The number of halogens is 1. The summed E-state index contributed by atoms with van der Waals surface area (Å²) in [6, 6.07) is 3.23. The quantitative estimate of drug-likeness (QED) is 0.695. The molecule has 1 unspecified atom stereocenters. The average molecular weight is 281 g/mol. The van der Waals surface area contributed by atoms with Gasteiger partial charge < -0.3 is 16.2 Å². The highest BCUT2D eigenvalue weighted by Crippen LogP contribution is 2.27. The standard InChI is InChI=1S/C14H20FN3O2/c1-8(18(2)9-3-4-9)7-17-13-6-11(15)10(14(19)20)5-12(13)16/h5-6,8-9,17H,3-4,7,16H2,1-2H3,(H,19,20). The lowest BCUT2D eigenvalue weighted by Crippen LogP contribution is -2.36. The number of hydrogen-bond donors (Lipinski definition) is 3. The summed E-state index contributed by atoms with van der Waals surface area (Å²) in [5, 5.41) is 11.9. The van der Waals surface area contributed by atoms with Gasteiger partial charge in [0.05, 0.1) is 16.9 Å². The van der Waals surface area contributed by atoms with Gasteiger partial charge in [-0.15, -0.1) is 0 Å². The lowest BCUT2D eigenvalue weighted by atomic mass is 10.1. The highest BCUT2D eigenvalue weighted by atomic mass is 19.1. The van der Waals surface area contributed by atoms with Gasteiger partial charge in [-0.2, -0.15) is 0 Å². The predicted octanol–water partition coefficient (Wildman–Crippen LogP) is 2.00. The molecule has 6 heteroatoms. The number of carboxylic acids is 1. The monoisotopic (exact) mass is 281 g/mol. The van der Waals surface area contributed by atoms with E-state index in [1.54, 1.807) is 0 Å². The lowest BCUT2D eigenvalue weighted by molar-refractivity contribution is 0.0692. The molecular formula is C14H20FN3O2. The Balaban J connectivity index is 2.02. The SMILES string of the molecule is CC(CNc1cc(F)c(C(=O)O)cc1N)N(C)C1CC1. The average Bonchev–Trinajstić information content (AvgIpc) is 3.22. The summed E-state index contributed by atoms with van der Waals surface area (Å²) < 4.78 is 13.6. The summed E-state index contributed by atoms with van der Waals surface area (Å²) in [6.45, 7) is 2.71. The van der Waals surface area contributed by atoms with E-state index < -0.39 is 17.3 Å². The molecule has 1 aliphatic rings. The van der Waals surface area contributed by atoms with Gasteiger partial charge in [-0.05, 0) is 38.9 Å². The number of nitrogens with two attached hydrogens (primary N) is 1. The van der Waals surface area contributed by atoms with E-state index in [1.165, 1.54) is 12.8 Å². The van der Waals surface area contributed by atoms with Crippen LogP contribution in [-0.4, -0.2) is 41.7 Å². The van der Waals surface area contributed by atoms with Crippen LogP contribution in [0.5, 0.6) is 0 Å². The molecule has 1 atom stereocenters. The van der Waals surface area contributed by atoms with Crippen molar-refractivity contribution in [2.24, 2.45) is 0 Å². The van der Waals surface area contributed by atoms with Gasteiger partial charge in [0.1, 0.15) is 5.82 Å². The number of rotatable bonds is 6. The number of anilines is 2. The normalized spacial score (nSPS) is 16.2. The minimum atomic E-state index is -1.32. The molecule has 2 rings (SSSR count). The first-order chi connectivity index (χ1) is 9.40. The Morgan fingerprint density at radius 1 is 1.60 bits per heavy atom. The zero-order valence-electron chi connectivity index (χ0n) is 11.7. The van der Waals surface area contributed by atoms with Crippen molar-refractivity contribution < 1.29 is 14.3 Å². The summed E-state index contributed by atoms with van der Waals surface area (Å²) in [5.41, 5.74) is 6.02. The third-order valence-electron chi connectivity index (χ3n) is 3.78. The molecule has 1 saturated carbocycles. The van der Waals surface area contributed by atoms with Crippen LogP contribution in [0.2, 0.25) is 0 Å². The summed E-state index contributed by atoms with van der Waals surface area (Å²) in [7, 11) is 2.07. The number of nitrogens with one attached hydrogen (secondary N) is 1. The molecule has 0 saturated heterocycles. The fraction of sp³-hybridized carbons (Fsp3) is 0.500. The summed E-state index contributed by atoms with van der Waals surface area (Å²) in [4.78, 5) is 13.1. The van der Waals surface area contributed by atoms with Gasteiger partial charge in [0.25, 0.3) is 0 Å².